The van der Waals surface area contributed by atoms with Crippen LogP contribution in [0.4, 0.5) is 0 Å². The molecule has 0 unspecified atom stereocenters. The SMILES string of the molecule is C=CC.O=P(O)(Oc1cccc2ccccc12)Oc1cccc2ccccc12. The van der Waals surface area contributed by atoms with E-state index >= 15 is 0 Å². The van der Waals surface area contributed by atoms with E-state index in [1.807, 2.05) is 67.6 Å². The van der Waals surface area contributed by atoms with E-state index in [9.17, 15) is 9.46 Å². The smallest absolute Gasteiger partial charge is 0.395 e. The lowest BCUT2D eigenvalue weighted by molar-refractivity contribution is 0.293. The number of phosphoric ester groups is 1. The van der Waals surface area contributed by atoms with Gasteiger partial charge in [0.05, 0.1) is 0 Å². The highest BCUT2D eigenvalue weighted by molar-refractivity contribution is 7.48. The number of allylic oxidation sites excluding steroid dienone is 1. The molecule has 4 nitrogen and oxygen atoms in total. The monoisotopic (exact) mass is 392 g/mol. The number of benzene rings is 4. The molecular weight excluding hydrogens is 371 g/mol. The van der Waals surface area contributed by atoms with Gasteiger partial charge in [0.1, 0.15) is 11.5 Å². The Balaban J connectivity index is 0.000000706. The Kier molecular flexibility index (Phi) is 6.15. The minimum Gasteiger partial charge on any atom is -0.395 e. The van der Waals surface area contributed by atoms with E-state index in [0.29, 0.717) is 11.5 Å². The third kappa shape index (κ3) is 4.61. The molecule has 0 saturated heterocycles. The number of fused-ring (bicyclic) bond motifs is 2. The summed E-state index contributed by atoms with van der Waals surface area (Å²) in [4.78, 5) is 10.3. The van der Waals surface area contributed by atoms with Crippen molar-refractivity contribution in [3.8, 4) is 11.5 Å². The normalized spacial score (nSPS) is 10.8. The molecule has 4 aromatic rings. The fraction of sp³-hybridized carbons (Fsp3) is 0.0435. The van der Waals surface area contributed by atoms with Crippen LogP contribution in [0.25, 0.3) is 21.5 Å². The molecule has 0 aliphatic carbocycles. The van der Waals surface area contributed by atoms with E-state index in [1.54, 1.807) is 30.3 Å². The molecule has 0 heterocycles. The van der Waals surface area contributed by atoms with Crippen molar-refractivity contribution in [1.29, 1.82) is 0 Å². The predicted molar refractivity (Wildman–Crippen MR) is 115 cm³/mol. The van der Waals surface area contributed by atoms with Crippen LogP contribution in [0.2, 0.25) is 0 Å². The summed E-state index contributed by atoms with van der Waals surface area (Å²) < 4.78 is 23.3. The zero-order chi connectivity index (χ0) is 20.0. The van der Waals surface area contributed by atoms with E-state index in [-0.39, 0.29) is 0 Å². The number of phosphoric acid groups is 1. The molecule has 4 rings (SSSR count). The van der Waals surface area contributed by atoms with Crippen molar-refractivity contribution in [3.05, 3.63) is 97.6 Å². The summed E-state index contributed by atoms with van der Waals surface area (Å²) >= 11 is 0. The highest BCUT2D eigenvalue weighted by atomic mass is 31.2. The van der Waals surface area contributed by atoms with Gasteiger partial charge in [0.25, 0.3) is 0 Å². The third-order valence-electron chi connectivity index (χ3n) is 3.93. The van der Waals surface area contributed by atoms with Crippen LogP contribution in [0, 0.1) is 0 Å². The summed E-state index contributed by atoms with van der Waals surface area (Å²) in [5, 5.41) is 3.34. The fourth-order valence-electron chi connectivity index (χ4n) is 2.82. The maximum Gasteiger partial charge on any atom is 0.584 e. The van der Waals surface area contributed by atoms with Crippen LogP contribution in [0.5, 0.6) is 11.5 Å². The molecule has 0 amide bonds. The van der Waals surface area contributed by atoms with Crippen molar-refractivity contribution in [2.24, 2.45) is 0 Å². The Hall–Kier alpha value is -3.07. The number of hydrogen-bond donors (Lipinski definition) is 1. The molecule has 0 atom stereocenters. The second-order valence-corrected chi connectivity index (χ2v) is 7.32. The first-order valence-corrected chi connectivity index (χ1v) is 10.3. The van der Waals surface area contributed by atoms with Gasteiger partial charge in [-0.1, -0.05) is 78.9 Å². The lowest BCUT2D eigenvalue weighted by Crippen LogP contribution is -2.00. The summed E-state index contributed by atoms with van der Waals surface area (Å²) in [6.07, 6.45) is 1.75. The quantitative estimate of drug-likeness (QED) is 0.308. The Bertz CT molecular complexity index is 1060. The fourth-order valence-corrected chi connectivity index (χ4v) is 3.67. The topological polar surface area (TPSA) is 55.8 Å². The van der Waals surface area contributed by atoms with Crippen LogP contribution < -0.4 is 9.05 Å². The molecule has 0 aliphatic heterocycles. The Morgan fingerprint density at radius 3 is 1.54 bits per heavy atom. The molecular formula is C23H21O4P. The predicted octanol–water partition coefficient (Wildman–Crippen LogP) is 6.74. The van der Waals surface area contributed by atoms with E-state index in [2.05, 4.69) is 6.58 Å². The van der Waals surface area contributed by atoms with Crippen LogP contribution in [0.3, 0.4) is 0 Å². The lowest BCUT2D eigenvalue weighted by Gasteiger charge is -2.16. The first-order valence-electron chi connectivity index (χ1n) is 8.78. The molecule has 0 radical (unpaired) electrons. The molecule has 0 aromatic heterocycles. The van der Waals surface area contributed by atoms with E-state index < -0.39 is 7.82 Å². The number of rotatable bonds is 4. The van der Waals surface area contributed by atoms with Crippen molar-refractivity contribution in [1.82, 2.24) is 0 Å². The highest BCUT2D eigenvalue weighted by Gasteiger charge is 2.26. The minimum atomic E-state index is -4.35. The zero-order valence-corrected chi connectivity index (χ0v) is 16.4. The molecule has 0 saturated carbocycles. The van der Waals surface area contributed by atoms with E-state index in [4.69, 9.17) is 9.05 Å². The van der Waals surface area contributed by atoms with E-state index in [1.165, 1.54) is 0 Å². The van der Waals surface area contributed by atoms with Crippen molar-refractivity contribution in [2.45, 2.75) is 6.92 Å². The van der Waals surface area contributed by atoms with Crippen LogP contribution in [0.1, 0.15) is 6.92 Å². The van der Waals surface area contributed by atoms with Gasteiger partial charge in [-0.2, -0.15) is 0 Å². The lowest BCUT2D eigenvalue weighted by atomic mass is 10.1. The van der Waals surface area contributed by atoms with E-state index in [0.717, 1.165) is 21.5 Å². The summed E-state index contributed by atoms with van der Waals surface area (Å²) in [6.45, 7) is 5.25. The summed E-state index contributed by atoms with van der Waals surface area (Å²) in [6, 6.07) is 25.7. The molecule has 0 spiro atoms. The largest absolute Gasteiger partial charge is 0.584 e. The first kappa shape index (κ1) is 19.7. The summed E-state index contributed by atoms with van der Waals surface area (Å²) in [5.41, 5.74) is 0. The van der Waals surface area contributed by atoms with Gasteiger partial charge in [0, 0.05) is 10.8 Å². The molecule has 0 bridgehead atoms. The van der Waals surface area contributed by atoms with Crippen molar-refractivity contribution >= 4 is 29.4 Å². The standard InChI is InChI=1S/C20H15O4P.C3H6/c21-25(22,23-19-13-5-9-15-7-1-3-11-17(15)19)24-20-14-6-10-16-8-2-4-12-18(16)20;1-3-2/h1-14H,(H,21,22);3H,1H2,2H3. The van der Waals surface area contributed by atoms with Gasteiger partial charge in [-0.15, -0.1) is 6.58 Å². The third-order valence-corrected chi connectivity index (χ3v) is 4.78. The Labute approximate surface area is 164 Å². The summed E-state index contributed by atoms with van der Waals surface area (Å²) in [7, 11) is -4.35. The van der Waals surface area contributed by atoms with Crippen LogP contribution in [-0.4, -0.2) is 4.89 Å². The van der Waals surface area contributed by atoms with Crippen LogP contribution in [-0.2, 0) is 4.57 Å². The van der Waals surface area contributed by atoms with Crippen LogP contribution >= 0.6 is 7.82 Å². The molecule has 0 fully saturated rings. The molecule has 28 heavy (non-hydrogen) atoms. The molecule has 142 valence electrons. The molecule has 4 aromatic carbocycles. The van der Waals surface area contributed by atoms with Gasteiger partial charge in [-0.3, -0.25) is 4.89 Å². The van der Waals surface area contributed by atoms with Crippen molar-refractivity contribution < 1.29 is 18.5 Å². The Morgan fingerprint density at radius 2 is 1.11 bits per heavy atom. The zero-order valence-electron chi connectivity index (χ0n) is 15.5. The highest BCUT2D eigenvalue weighted by Crippen LogP contribution is 2.47. The first-order chi connectivity index (χ1) is 13.5. The second-order valence-electron chi connectivity index (χ2n) is 6.01. The van der Waals surface area contributed by atoms with Gasteiger partial charge >= 0.3 is 7.82 Å². The molecule has 5 heteroatoms. The van der Waals surface area contributed by atoms with Crippen molar-refractivity contribution in [2.75, 3.05) is 0 Å². The Morgan fingerprint density at radius 1 is 0.750 bits per heavy atom. The van der Waals surface area contributed by atoms with Gasteiger partial charge in [-0.25, -0.2) is 4.57 Å². The summed E-state index contributed by atoms with van der Waals surface area (Å²) in [5.74, 6) is 0.619. The maximum absolute atomic E-state index is 12.6. The van der Waals surface area contributed by atoms with Gasteiger partial charge in [0.15, 0.2) is 0 Å². The van der Waals surface area contributed by atoms with Crippen molar-refractivity contribution in [3.63, 3.8) is 0 Å². The van der Waals surface area contributed by atoms with Gasteiger partial charge in [-0.05, 0) is 29.8 Å². The van der Waals surface area contributed by atoms with Gasteiger partial charge in [0.2, 0.25) is 0 Å². The second kappa shape index (κ2) is 8.75. The average molecular weight is 392 g/mol. The molecule has 1 N–H and O–H groups in total. The van der Waals surface area contributed by atoms with Gasteiger partial charge < -0.3 is 9.05 Å². The average Bonchev–Trinajstić information content (AvgIpc) is 2.69. The maximum atomic E-state index is 12.6. The number of hydrogen-bond acceptors (Lipinski definition) is 3. The van der Waals surface area contributed by atoms with Crippen LogP contribution in [0.15, 0.2) is 97.6 Å². The molecule has 0 aliphatic rings. The minimum absolute atomic E-state index is 0.309.